The van der Waals surface area contributed by atoms with Crippen LogP contribution in [0.15, 0.2) is 30.9 Å². The van der Waals surface area contributed by atoms with Crippen LogP contribution in [0.1, 0.15) is 26.3 Å². The fourth-order valence-electron chi connectivity index (χ4n) is 1.21. The molecule has 0 aromatic carbocycles. The summed E-state index contributed by atoms with van der Waals surface area (Å²) in [6.45, 7) is 6.41. The first-order chi connectivity index (χ1) is 7.07. The molecule has 0 aliphatic rings. The van der Waals surface area contributed by atoms with Gasteiger partial charge in [-0.1, -0.05) is 20.8 Å². The largest absolute Gasteiger partial charge is 0.250 e. The Hall–Kier alpha value is -1.71. The minimum absolute atomic E-state index is 0.0860. The van der Waals surface area contributed by atoms with E-state index < -0.39 is 0 Å². The van der Waals surface area contributed by atoms with Gasteiger partial charge in [0.1, 0.15) is 0 Å². The first-order valence-corrected chi connectivity index (χ1v) is 4.90. The molecule has 0 N–H and O–H groups in total. The second kappa shape index (κ2) is 3.46. The lowest BCUT2D eigenvalue weighted by Crippen LogP contribution is -2.13. The van der Waals surface area contributed by atoms with Crippen LogP contribution in [0.5, 0.6) is 0 Å². The van der Waals surface area contributed by atoms with Gasteiger partial charge < -0.3 is 0 Å². The van der Waals surface area contributed by atoms with E-state index in [1.165, 1.54) is 0 Å². The van der Waals surface area contributed by atoms with E-state index in [9.17, 15) is 0 Å². The number of hydrogen-bond acceptors (Lipinski definition) is 3. The summed E-state index contributed by atoms with van der Waals surface area (Å²) in [4.78, 5) is 8.55. The van der Waals surface area contributed by atoms with Crippen molar-refractivity contribution in [2.24, 2.45) is 0 Å². The van der Waals surface area contributed by atoms with Gasteiger partial charge in [0.05, 0.1) is 0 Å². The summed E-state index contributed by atoms with van der Waals surface area (Å²) in [7, 11) is 0. The van der Waals surface area contributed by atoms with Crippen molar-refractivity contribution in [3.63, 3.8) is 0 Å². The molecule has 4 nitrogen and oxygen atoms in total. The summed E-state index contributed by atoms with van der Waals surface area (Å²) in [5, 5.41) is 4.07. The molecule has 2 rings (SSSR count). The lowest BCUT2D eigenvalue weighted by atomic mass is 9.89. The normalized spacial score (nSPS) is 11.7. The van der Waals surface area contributed by atoms with Gasteiger partial charge in [-0.25, -0.2) is 14.6 Å². The Balaban J connectivity index is 2.33. The van der Waals surface area contributed by atoms with Gasteiger partial charge in [0.15, 0.2) is 0 Å². The lowest BCUT2D eigenvalue weighted by molar-refractivity contribution is 0.582. The fraction of sp³-hybridized carbons (Fsp3) is 0.364. The van der Waals surface area contributed by atoms with Crippen molar-refractivity contribution in [2.75, 3.05) is 0 Å². The molecule has 15 heavy (non-hydrogen) atoms. The van der Waals surface area contributed by atoms with Crippen molar-refractivity contribution < 1.29 is 0 Å². The van der Waals surface area contributed by atoms with Crippen molar-refractivity contribution in [3.05, 3.63) is 36.4 Å². The molecular weight excluding hydrogens is 188 g/mol. The molecule has 0 atom stereocenters. The molecule has 0 saturated carbocycles. The van der Waals surface area contributed by atoms with Gasteiger partial charge in [0, 0.05) is 24.8 Å². The number of hydrogen-bond donors (Lipinski definition) is 0. The van der Waals surface area contributed by atoms with Gasteiger partial charge in [-0.15, -0.1) is 0 Å². The van der Waals surface area contributed by atoms with Gasteiger partial charge in [-0.05, 0) is 17.0 Å². The average Bonchev–Trinajstić information content (AvgIpc) is 2.69. The Morgan fingerprint density at radius 2 is 1.80 bits per heavy atom. The molecule has 0 spiro atoms. The molecule has 0 aliphatic carbocycles. The lowest BCUT2D eigenvalue weighted by Gasteiger charge is -2.17. The molecule has 2 aromatic rings. The van der Waals surface area contributed by atoms with E-state index in [-0.39, 0.29) is 5.41 Å². The second-order valence-electron chi connectivity index (χ2n) is 4.47. The first-order valence-electron chi connectivity index (χ1n) is 4.90. The van der Waals surface area contributed by atoms with E-state index in [2.05, 4.69) is 35.8 Å². The number of nitrogens with zero attached hydrogens (tertiary/aromatic N) is 4. The molecule has 78 valence electrons. The van der Waals surface area contributed by atoms with Crippen molar-refractivity contribution in [2.45, 2.75) is 26.2 Å². The summed E-state index contributed by atoms with van der Waals surface area (Å²) in [6.07, 6.45) is 7.24. The van der Waals surface area contributed by atoms with Gasteiger partial charge in [0.2, 0.25) is 5.95 Å². The summed E-state index contributed by atoms with van der Waals surface area (Å²) >= 11 is 0. The van der Waals surface area contributed by atoms with Crippen LogP contribution in [-0.4, -0.2) is 19.7 Å². The molecule has 0 amide bonds. The second-order valence-corrected chi connectivity index (χ2v) is 4.47. The Bertz CT molecular complexity index is 423. The van der Waals surface area contributed by atoms with E-state index in [4.69, 9.17) is 0 Å². The van der Waals surface area contributed by atoms with Gasteiger partial charge in [-0.3, -0.25) is 0 Å². The Morgan fingerprint density at radius 3 is 2.27 bits per heavy atom. The highest BCUT2D eigenvalue weighted by Crippen LogP contribution is 2.20. The van der Waals surface area contributed by atoms with Gasteiger partial charge >= 0.3 is 0 Å². The average molecular weight is 202 g/mol. The Labute approximate surface area is 89.0 Å². The zero-order chi connectivity index (χ0) is 10.9. The summed E-state index contributed by atoms with van der Waals surface area (Å²) in [6, 6.07) is 1.85. The number of aromatic nitrogens is 4. The molecule has 0 saturated heterocycles. The molecule has 0 unspecified atom stereocenters. The molecule has 2 heterocycles. The third kappa shape index (κ3) is 2.03. The van der Waals surface area contributed by atoms with Crippen LogP contribution in [0, 0.1) is 0 Å². The maximum Gasteiger partial charge on any atom is 0.250 e. The van der Waals surface area contributed by atoms with Crippen molar-refractivity contribution in [1.29, 1.82) is 0 Å². The third-order valence-electron chi connectivity index (χ3n) is 2.21. The summed E-state index contributed by atoms with van der Waals surface area (Å²) in [5.74, 6) is 0.605. The van der Waals surface area contributed by atoms with E-state index >= 15 is 0 Å². The third-order valence-corrected chi connectivity index (χ3v) is 2.21. The maximum atomic E-state index is 4.28. The fourth-order valence-corrected chi connectivity index (χ4v) is 1.21. The molecule has 4 heteroatoms. The quantitative estimate of drug-likeness (QED) is 0.710. The predicted octanol–water partition coefficient (Wildman–Crippen LogP) is 1.96. The molecule has 0 fully saturated rings. The first kappa shape index (κ1) is 9.83. The summed E-state index contributed by atoms with van der Waals surface area (Å²) < 4.78 is 1.65. The Morgan fingerprint density at radius 1 is 1.13 bits per heavy atom. The highest BCUT2D eigenvalue weighted by molar-refractivity contribution is 5.19. The summed E-state index contributed by atoms with van der Waals surface area (Å²) in [5.41, 5.74) is 1.21. The van der Waals surface area contributed by atoms with E-state index in [1.807, 2.05) is 24.7 Å². The van der Waals surface area contributed by atoms with E-state index in [1.54, 1.807) is 10.9 Å². The monoisotopic (exact) mass is 202 g/mol. The van der Waals surface area contributed by atoms with E-state index in [0.717, 1.165) is 5.56 Å². The van der Waals surface area contributed by atoms with Crippen LogP contribution in [-0.2, 0) is 5.41 Å². The van der Waals surface area contributed by atoms with Crippen molar-refractivity contribution in [3.8, 4) is 5.95 Å². The van der Waals surface area contributed by atoms with E-state index in [0.29, 0.717) is 5.95 Å². The van der Waals surface area contributed by atoms with Crippen LogP contribution in [0.25, 0.3) is 5.95 Å². The predicted molar refractivity (Wildman–Crippen MR) is 57.9 cm³/mol. The van der Waals surface area contributed by atoms with Crippen LogP contribution >= 0.6 is 0 Å². The highest BCUT2D eigenvalue weighted by Gasteiger charge is 2.14. The standard InChI is InChI=1S/C11H14N4/c1-11(2,3)9-7-12-10(13-8-9)15-6-4-5-14-15/h4-8H,1-3H3. The molecule has 0 bridgehead atoms. The Kier molecular flexibility index (Phi) is 2.26. The SMILES string of the molecule is CC(C)(C)c1cnc(-n2cccn2)nc1. The van der Waals surface area contributed by atoms with Gasteiger partial charge in [-0.2, -0.15) is 5.10 Å². The van der Waals surface area contributed by atoms with Crippen LogP contribution in [0.2, 0.25) is 0 Å². The molecule has 0 aliphatic heterocycles. The highest BCUT2D eigenvalue weighted by atomic mass is 15.3. The number of rotatable bonds is 1. The topological polar surface area (TPSA) is 43.6 Å². The maximum absolute atomic E-state index is 4.28. The zero-order valence-corrected chi connectivity index (χ0v) is 9.18. The van der Waals surface area contributed by atoms with Gasteiger partial charge in [0.25, 0.3) is 0 Å². The van der Waals surface area contributed by atoms with Crippen LogP contribution in [0.3, 0.4) is 0 Å². The molecule has 0 radical (unpaired) electrons. The molecular formula is C11H14N4. The molecule has 2 aromatic heterocycles. The van der Waals surface area contributed by atoms with Crippen LogP contribution in [0.4, 0.5) is 0 Å². The zero-order valence-electron chi connectivity index (χ0n) is 9.18. The van der Waals surface area contributed by atoms with Crippen molar-refractivity contribution >= 4 is 0 Å². The van der Waals surface area contributed by atoms with Crippen LogP contribution < -0.4 is 0 Å². The minimum Gasteiger partial charge on any atom is -0.219 e. The van der Waals surface area contributed by atoms with Crippen molar-refractivity contribution in [1.82, 2.24) is 19.7 Å². The minimum atomic E-state index is 0.0860. The smallest absolute Gasteiger partial charge is 0.219 e.